The van der Waals surface area contributed by atoms with Crippen molar-refractivity contribution in [1.29, 1.82) is 0 Å². The zero-order valence-electron chi connectivity index (χ0n) is 12.5. The Morgan fingerprint density at radius 2 is 1.92 bits per heavy atom. The maximum Gasteiger partial charge on any atom is 0.211 e. The van der Waals surface area contributed by atoms with Gasteiger partial charge in [-0.25, -0.2) is 9.97 Å². The molecule has 0 spiro atoms. The highest BCUT2D eigenvalue weighted by Gasteiger charge is 2.21. The second-order valence-electron chi connectivity index (χ2n) is 5.69. The highest BCUT2D eigenvalue weighted by atomic mass is 35.5. The summed E-state index contributed by atoms with van der Waals surface area (Å²) in [5.74, 6) is 0.832. The van der Waals surface area contributed by atoms with E-state index in [-0.39, 0.29) is 12.4 Å². The molecule has 5 rings (SSSR count). The third-order valence-electron chi connectivity index (χ3n) is 4.29. The number of rotatable bonds is 0. The third-order valence-corrected chi connectivity index (χ3v) is 4.53. The number of nitrogens with one attached hydrogen (secondary N) is 1. The molecule has 0 bridgehead atoms. The lowest BCUT2D eigenvalue weighted by Crippen LogP contribution is -3.00. The fraction of sp³-hybridized carbons (Fsp3) is 0.0526. The molecule has 5 heteroatoms. The Bertz CT molecular complexity index is 1100. The molecule has 0 fully saturated rings. The van der Waals surface area contributed by atoms with Gasteiger partial charge in [0.05, 0.1) is 11.1 Å². The first kappa shape index (κ1) is 15.2. The summed E-state index contributed by atoms with van der Waals surface area (Å²) >= 11 is 6.15. The maximum absolute atomic E-state index is 6.15. The van der Waals surface area contributed by atoms with Gasteiger partial charge in [0.15, 0.2) is 6.20 Å². The molecule has 3 nitrogen and oxygen atoms in total. The molecule has 24 heavy (non-hydrogen) atoms. The molecule has 3 heterocycles. The maximum atomic E-state index is 6.15. The van der Waals surface area contributed by atoms with Crippen LogP contribution in [0.4, 0.5) is 0 Å². The Labute approximate surface area is 149 Å². The molecule has 0 saturated heterocycles. The van der Waals surface area contributed by atoms with Gasteiger partial charge in [0, 0.05) is 27.6 Å². The van der Waals surface area contributed by atoms with E-state index in [0.717, 1.165) is 44.4 Å². The molecule has 2 aromatic carbocycles. The number of nitrogens with zero attached hydrogens (tertiary/aromatic N) is 1. The SMILES string of the molecule is Clc1ccc2c(c1)-c1nc3c[nH+]c4ccccc4c3cc1CO2.[Cl-]. The molecule has 0 unspecified atom stereocenters. The number of aromatic nitrogens is 2. The lowest BCUT2D eigenvalue weighted by atomic mass is 10.00. The summed E-state index contributed by atoms with van der Waals surface area (Å²) in [6, 6.07) is 16.1. The zero-order chi connectivity index (χ0) is 15.4. The first-order valence-corrected chi connectivity index (χ1v) is 7.83. The summed E-state index contributed by atoms with van der Waals surface area (Å²) in [6.45, 7) is 0.528. The molecule has 0 amide bonds. The lowest BCUT2D eigenvalue weighted by Gasteiger charge is -2.20. The van der Waals surface area contributed by atoms with Crippen molar-refractivity contribution >= 4 is 33.4 Å². The van der Waals surface area contributed by atoms with Crippen LogP contribution >= 0.6 is 11.6 Å². The molecule has 118 valence electrons. The van der Waals surface area contributed by atoms with Crippen LogP contribution in [0.5, 0.6) is 5.75 Å². The second kappa shape index (κ2) is 5.62. The molecule has 0 aliphatic carbocycles. The molecule has 0 radical (unpaired) electrons. The molecule has 0 atom stereocenters. The van der Waals surface area contributed by atoms with Gasteiger partial charge in [-0.05, 0) is 30.3 Å². The minimum atomic E-state index is 0. The minimum absolute atomic E-state index is 0. The summed E-state index contributed by atoms with van der Waals surface area (Å²) < 4.78 is 5.86. The molecule has 2 aromatic heterocycles. The van der Waals surface area contributed by atoms with Crippen molar-refractivity contribution in [2.24, 2.45) is 0 Å². The summed E-state index contributed by atoms with van der Waals surface area (Å²) in [6.07, 6.45) is 1.96. The van der Waals surface area contributed by atoms with Crippen molar-refractivity contribution in [3.63, 3.8) is 0 Å². The normalized spacial score (nSPS) is 12.2. The zero-order valence-corrected chi connectivity index (χ0v) is 14.0. The summed E-state index contributed by atoms with van der Waals surface area (Å²) in [7, 11) is 0. The van der Waals surface area contributed by atoms with E-state index in [1.165, 1.54) is 0 Å². The topological polar surface area (TPSA) is 36.3 Å². The summed E-state index contributed by atoms with van der Waals surface area (Å²) in [5, 5.41) is 2.98. The van der Waals surface area contributed by atoms with Crippen LogP contribution in [0.25, 0.3) is 33.1 Å². The number of hydrogen-bond donors (Lipinski definition) is 0. The van der Waals surface area contributed by atoms with Crippen molar-refractivity contribution in [1.82, 2.24) is 4.98 Å². The van der Waals surface area contributed by atoms with Gasteiger partial charge in [-0.2, -0.15) is 0 Å². The van der Waals surface area contributed by atoms with Crippen molar-refractivity contribution in [2.45, 2.75) is 6.61 Å². The number of H-pyrrole nitrogens is 1. The number of pyridine rings is 2. The quantitative estimate of drug-likeness (QED) is 0.448. The average molecular weight is 355 g/mol. The average Bonchev–Trinajstić information content (AvgIpc) is 2.60. The van der Waals surface area contributed by atoms with Gasteiger partial charge < -0.3 is 17.1 Å². The van der Waals surface area contributed by atoms with Crippen molar-refractivity contribution < 1.29 is 22.1 Å². The van der Waals surface area contributed by atoms with Gasteiger partial charge in [-0.15, -0.1) is 0 Å². The standard InChI is InChI=1S/C19H11ClN2O.ClH/c20-12-5-6-18-15(8-12)19-11(10-23-18)7-14-13-3-1-2-4-16(13)21-9-17(14)22-19;/h1-9H,10H2;1H. The van der Waals surface area contributed by atoms with Gasteiger partial charge in [-0.1, -0.05) is 23.7 Å². The number of halogens is 2. The summed E-state index contributed by atoms with van der Waals surface area (Å²) in [4.78, 5) is 8.19. The highest BCUT2D eigenvalue weighted by molar-refractivity contribution is 6.31. The Kier molecular flexibility index (Phi) is 3.56. The molecular weight excluding hydrogens is 343 g/mol. The van der Waals surface area contributed by atoms with Crippen LogP contribution < -0.4 is 22.1 Å². The molecular formula is C19H12Cl2N2O. The van der Waals surface area contributed by atoms with Crippen molar-refractivity contribution in [3.05, 3.63) is 65.3 Å². The van der Waals surface area contributed by atoms with E-state index in [4.69, 9.17) is 21.3 Å². The molecule has 1 N–H and O–H groups in total. The third kappa shape index (κ3) is 2.20. The van der Waals surface area contributed by atoms with Crippen LogP contribution in [0.3, 0.4) is 0 Å². The number of para-hydroxylation sites is 1. The van der Waals surface area contributed by atoms with Gasteiger partial charge in [0.2, 0.25) is 5.52 Å². The molecule has 0 saturated carbocycles. The van der Waals surface area contributed by atoms with Crippen molar-refractivity contribution in [2.75, 3.05) is 0 Å². The number of benzene rings is 2. The van der Waals surface area contributed by atoms with Crippen LogP contribution in [0, 0.1) is 0 Å². The van der Waals surface area contributed by atoms with Gasteiger partial charge in [-0.3, -0.25) is 0 Å². The number of fused-ring (bicyclic) bond motifs is 6. The Morgan fingerprint density at radius 3 is 2.83 bits per heavy atom. The first-order valence-electron chi connectivity index (χ1n) is 7.45. The minimum Gasteiger partial charge on any atom is -1.00 e. The predicted octanol–water partition coefficient (Wildman–Crippen LogP) is 1.42. The summed E-state index contributed by atoms with van der Waals surface area (Å²) in [5.41, 5.74) is 5.03. The number of hydrogen-bond acceptors (Lipinski definition) is 2. The smallest absolute Gasteiger partial charge is 0.211 e. The van der Waals surface area contributed by atoms with Gasteiger partial charge >= 0.3 is 0 Å². The van der Waals surface area contributed by atoms with E-state index < -0.39 is 0 Å². The highest BCUT2D eigenvalue weighted by Crippen LogP contribution is 2.39. The Balaban J connectivity index is 0.00000146. The fourth-order valence-electron chi connectivity index (χ4n) is 3.20. The fourth-order valence-corrected chi connectivity index (χ4v) is 3.37. The largest absolute Gasteiger partial charge is 1.00 e. The molecule has 4 aromatic rings. The first-order chi connectivity index (χ1) is 11.3. The second-order valence-corrected chi connectivity index (χ2v) is 6.13. The van der Waals surface area contributed by atoms with Gasteiger partial charge in [0.25, 0.3) is 0 Å². The van der Waals surface area contributed by atoms with E-state index in [0.29, 0.717) is 11.6 Å². The van der Waals surface area contributed by atoms with Crippen LogP contribution in [-0.4, -0.2) is 4.98 Å². The van der Waals surface area contributed by atoms with E-state index >= 15 is 0 Å². The monoisotopic (exact) mass is 354 g/mol. The Morgan fingerprint density at radius 1 is 1.04 bits per heavy atom. The molecule has 1 aliphatic heterocycles. The van der Waals surface area contributed by atoms with Crippen LogP contribution in [-0.2, 0) is 6.61 Å². The number of aromatic amines is 1. The van der Waals surface area contributed by atoms with Crippen LogP contribution in [0.1, 0.15) is 5.56 Å². The van der Waals surface area contributed by atoms with E-state index in [1.54, 1.807) is 0 Å². The predicted molar refractivity (Wildman–Crippen MR) is 90.6 cm³/mol. The molecule has 1 aliphatic rings. The van der Waals surface area contributed by atoms with E-state index in [1.807, 2.05) is 36.5 Å². The van der Waals surface area contributed by atoms with Crippen molar-refractivity contribution in [3.8, 4) is 17.0 Å². The lowest BCUT2D eigenvalue weighted by molar-refractivity contribution is -0.342. The van der Waals surface area contributed by atoms with E-state index in [2.05, 4.69) is 23.2 Å². The number of ether oxygens (including phenoxy) is 1. The van der Waals surface area contributed by atoms with E-state index in [9.17, 15) is 0 Å². The van der Waals surface area contributed by atoms with Crippen LogP contribution in [0.2, 0.25) is 5.02 Å². The Hall–Kier alpha value is -2.36. The van der Waals surface area contributed by atoms with Gasteiger partial charge in [0.1, 0.15) is 17.9 Å². The van der Waals surface area contributed by atoms with Crippen LogP contribution in [0.15, 0.2) is 54.7 Å².